The highest BCUT2D eigenvalue weighted by Gasteiger charge is 2.57. The summed E-state index contributed by atoms with van der Waals surface area (Å²) in [6, 6.07) is -0.863. The van der Waals surface area contributed by atoms with E-state index in [1.165, 1.54) is 45.1 Å². The average Bonchev–Trinajstić information content (AvgIpc) is 3.22. The van der Waals surface area contributed by atoms with Gasteiger partial charge in [0.1, 0.15) is 21.9 Å². The molecule has 0 saturated carbocycles. The number of β-lactam (4-membered cyclic amide) rings is 1. The van der Waals surface area contributed by atoms with Gasteiger partial charge in [0.25, 0.3) is 5.91 Å². The van der Waals surface area contributed by atoms with Crippen molar-refractivity contribution in [1.29, 1.82) is 0 Å². The Bertz CT molecular complexity index is 938. The van der Waals surface area contributed by atoms with E-state index < -0.39 is 46.5 Å². The summed E-state index contributed by atoms with van der Waals surface area (Å²) in [6.45, 7) is -0.701. The maximum atomic E-state index is 12.8. The molecule has 0 bridgehead atoms. The minimum absolute atomic E-state index is 0.0483. The first-order chi connectivity index (χ1) is 14.7. The smallest absolute Gasteiger partial charge is 0.344 e. The molecule has 0 aliphatic carbocycles. The maximum absolute atomic E-state index is 12.8. The van der Waals surface area contributed by atoms with Crippen LogP contribution in [0.5, 0.6) is 0 Å². The summed E-state index contributed by atoms with van der Waals surface area (Å²) in [6.07, 6.45) is 1.69. The molecular formula is C16H19N5O7S3. The molecule has 2 aliphatic heterocycles. The number of aromatic nitrogens is 1. The van der Waals surface area contributed by atoms with Crippen molar-refractivity contribution in [2.75, 3.05) is 37.5 Å². The van der Waals surface area contributed by atoms with Crippen LogP contribution >= 0.6 is 34.9 Å². The molecule has 3 rings (SSSR count). The third kappa shape index (κ3) is 4.57. The van der Waals surface area contributed by atoms with E-state index in [-0.39, 0.29) is 23.7 Å². The van der Waals surface area contributed by atoms with Gasteiger partial charge < -0.3 is 30.6 Å². The molecule has 0 spiro atoms. The van der Waals surface area contributed by atoms with Gasteiger partial charge >= 0.3 is 11.9 Å². The summed E-state index contributed by atoms with van der Waals surface area (Å²) >= 11 is 3.66. The molecule has 12 nitrogen and oxygen atoms in total. The number of carbonyl (C=O) groups excluding carboxylic acids is 2. The Hall–Kier alpha value is -2.52. The summed E-state index contributed by atoms with van der Waals surface area (Å²) in [7, 11) is 1.65. The van der Waals surface area contributed by atoms with Gasteiger partial charge in [-0.2, -0.15) is 0 Å². The van der Waals surface area contributed by atoms with Crippen LogP contribution in [0.1, 0.15) is 5.69 Å². The van der Waals surface area contributed by atoms with Crippen LogP contribution in [-0.4, -0.2) is 97.9 Å². The zero-order chi connectivity index (χ0) is 22.8. The van der Waals surface area contributed by atoms with E-state index in [2.05, 4.69) is 20.8 Å². The molecule has 2 unspecified atom stereocenters. The Kier molecular flexibility index (Phi) is 6.96. The van der Waals surface area contributed by atoms with E-state index in [1.807, 2.05) is 0 Å². The van der Waals surface area contributed by atoms with Crippen molar-refractivity contribution in [3.63, 3.8) is 0 Å². The Morgan fingerprint density at radius 3 is 2.77 bits per heavy atom. The summed E-state index contributed by atoms with van der Waals surface area (Å²) in [5, 5.41) is 28.9. The number of nitrogens with one attached hydrogen (secondary N) is 2. The SMILES string of the molecule is CNc1nc(C(=NOCC(=O)O)C(=O)NC2C(=O)N3CC(SC)(C(=O)O)CS[C@H]23)cs1. The van der Waals surface area contributed by atoms with E-state index in [9.17, 15) is 24.3 Å². The van der Waals surface area contributed by atoms with Gasteiger partial charge in [-0.25, -0.2) is 9.78 Å². The molecule has 1 aromatic rings. The molecule has 31 heavy (non-hydrogen) atoms. The largest absolute Gasteiger partial charge is 0.480 e. The summed E-state index contributed by atoms with van der Waals surface area (Å²) in [4.78, 5) is 58.1. The Labute approximate surface area is 188 Å². The number of thiazole rings is 1. The van der Waals surface area contributed by atoms with Crippen molar-refractivity contribution in [1.82, 2.24) is 15.2 Å². The first-order valence-electron chi connectivity index (χ1n) is 8.79. The topological polar surface area (TPSA) is 171 Å². The molecule has 2 fully saturated rings. The number of carbonyl (C=O) groups is 4. The molecule has 2 saturated heterocycles. The zero-order valence-electron chi connectivity index (χ0n) is 16.4. The van der Waals surface area contributed by atoms with Crippen molar-refractivity contribution >= 4 is 69.5 Å². The quantitative estimate of drug-likeness (QED) is 0.202. The second-order valence-electron chi connectivity index (χ2n) is 6.52. The Morgan fingerprint density at radius 2 is 2.19 bits per heavy atom. The van der Waals surface area contributed by atoms with Crippen LogP contribution < -0.4 is 10.6 Å². The molecule has 0 radical (unpaired) electrons. The number of nitrogens with zero attached hydrogens (tertiary/aromatic N) is 3. The van der Waals surface area contributed by atoms with Gasteiger partial charge in [0.05, 0.1) is 0 Å². The van der Waals surface area contributed by atoms with Gasteiger partial charge in [-0.15, -0.1) is 34.9 Å². The second-order valence-corrected chi connectivity index (χ2v) is 9.67. The number of fused-ring (bicyclic) bond motifs is 1. The van der Waals surface area contributed by atoms with Crippen molar-refractivity contribution in [3.05, 3.63) is 11.1 Å². The van der Waals surface area contributed by atoms with Crippen LogP contribution in [0.25, 0.3) is 0 Å². The number of hydrogen-bond acceptors (Lipinski definition) is 11. The Morgan fingerprint density at radius 1 is 1.45 bits per heavy atom. The van der Waals surface area contributed by atoms with Crippen LogP contribution in [0.3, 0.4) is 0 Å². The van der Waals surface area contributed by atoms with Crippen molar-refractivity contribution in [2.24, 2.45) is 5.16 Å². The highest BCUT2D eigenvalue weighted by Crippen LogP contribution is 2.43. The third-order valence-electron chi connectivity index (χ3n) is 4.64. The number of thioether (sulfide) groups is 2. The lowest BCUT2D eigenvalue weighted by Crippen LogP contribution is -2.74. The summed E-state index contributed by atoms with van der Waals surface area (Å²) < 4.78 is -1.09. The van der Waals surface area contributed by atoms with Crippen molar-refractivity contribution < 1.29 is 34.2 Å². The fourth-order valence-electron chi connectivity index (χ4n) is 2.96. The lowest BCUT2D eigenvalue weighted by atomic mass is 10.0. The van der Waals surface area contributed by atoms with E-state index in [0.29, 0.717) is 5.13 Å². The van der Waals surface area contributed by atoms with Gasteiger partial charge in [-0.3, -0.25) is 14.4 Å². The molecule has 2 amide bonds. The molecule has 168 valence electrons. The van der Waals surface area contributed by atoms with Crippen LogP contribution in [0.2, 0.25) is 0 Å². The third-order valence-corrected chi connectivity index (χ3v) is 8.44. The van der Waals surface area contributed by atoms with Gasteiger partial charge in [-0.05, 0) is 6.26 Å². The number of carboxylic acid groups (broad SMARTS) is 2. The van der Waals surface area contributed by atoms with E-state index in [1.54, 1.807) is 13.3 Å². The molecule has 4 N–H and O–H groups in total. The van der Waals surface area contributed by atoms with Crippen LogP contribution in [0.15, 0.2) is 10.5 Å². The van der Waals surface area contributed by atoms with Crippen LogP contribution in [0, 0.1) is 0 Å². The van der Waals surface area contributed by atoms with Crippen LogP contribution in [-0.2, 0) is 24.0 Å². The van der Waals surface area contributed by atoms with Crippen molar-refractivity contribution in [3.8, 4) is 0 Å². The fraction of sp³-hybridized carbons (Fsp3) is 0.500. The number of oxime groups is 1. The van der Waals surface area contributed by atoms with Gasteiger partial charge in [0.2, 0.25) is 12.5 Å². The normalized spacial score (nSPS) is 25.3. The molecule has 1 aromatic heterocycles. The predicted octanol–water partition coefficient (Wildman–Crippen LogP) is -0.424. The van der Waals surface area contributed by atoms with Gasteiger partial charge in [0.15, 0.2) is 10.8 Å². The fourth-order valence-corrected chi connectivity index (χ4v) is 6.12. The maximum Gasteiger partial charge on any atom is 0.344 e. The molecule has 3 heterocycles. The van der Waals surface area contributed by atoms with E-state index >= 15 is 0 Å². The Balaban J connectivity index is 1.73. The first kappa shape index (κ1) is 23.1. The predicted molar refractivity (Wildman–Crippen MR) is 116 cm³/mol. The first-order valence-corrected chi connectivity index (χ1v) is 11.9. The number of hydrogen-bond donors (Lipinski definition) is 4. The minimum atomic E-state index is -1.27. The summed E-state index contributed by atoms with van der Waals surface area (Å²) in [5.41, 5.74) is -0.112. The molecular weight excluding hydrogens is 470 g/mol. The minimum Gasteiger partial charge on any atom is -0.480 e. The number of rotatable bonds is 9. The van der Waals surface area contributed by atoms with Gasteiger partial charge in [0, 0.05) is 24.7 Å². The molecule has 2 aliphatic rings. The monoisotopic (exact) mass is 489 g/mol. The molecule has 15 heteroatoms. The second kappa shape index (κ2) is 9.32. The standard InChI is InChI=1S/C16H19N5O7S3/c1-17-15-18-7(4-30-15)9(20-28-3-8(22)23)11(24)19-10-12(25)21-5-16(29-2,14(26)27)6-31-13(10)21/h4,10,13H,3,5-6H2,1-2H3,(H,17,18)(H,19,24)(H,22,23)(H,26,27)/t10?,13-,16?/m1/s1. The molecule has 0 aromatic carbocycles. The lowest BCUT2D eigenvalue weighted by Gasteiger charge is -2.53. The zero-order valence-corrected chi connectivity index (χ0v) is 18.8. The van der Waals surface area contributed by atoms with Crippen LogP contribution in [0.4, 0.5) is 5.13 Å². The molecule has 3 atom stereocenters. The van der Waals surface area contributed by atoms with Gasteiger partial charge in [-0.1, -0.05) is 5.16 Å². The highest BCUT2D eigenvalue weighted by atomic mass is 32.2. The average molecular weight is 490 g/mol. The lowest BCUT2D eigenvalue weighted by molar-refractivity contribution is -0.151. The summed E-state index contributed by atoms with van der Waals surface area (Å²) in [5.74, 6) is -3.12. The number of carboxylic acids is 2. The van der Waals surface area contributed by atoms with Crippen molar-refractivity contribution in [2.45, 2.75) is 16.2 Å². The number of anilines is 1. The number of amides is 2. The van der Waals surface area contributed by atoms with E-state index in [4.69, 9.17) is 9.94 Å². The highest BCUT2D eigenvalue weighted by molar-refractivity contribution is 8.04. The van der Waals surface area contributed by atoms with E-state index in [0.717, 1.165) is 0 Å². The number of aliphatic carboxylic acids is 2.